The van der Waals surface area contributed by atoms with Gasteiger partial charge in [-0.3, -0.25) is 14.6 Å². The molecule has 4 heterocycles. The monoisotopic (exact) mass is 643 g/mol. The highest BCUT2D eigenvalue weighted by atomic mass is 35.5. The van der Waals surface area contributed by atoms with Crippen molar-refractivity contribution in [2.24, 2.45) is 5.92 Å². The summed E-state index contributed by atoms with van der Waals surface area (Å²) in [6, 6.07) is 15.6. The number of amides is 4. The smallest absolute Gasteiger partial charge is 0.322 e. The Morgan fingerprint density at radius 3 is 2.43 bits per heavy atom. The number of piperazine rings is 1. The molecule has 11 heteroatoms. The Morgan fingerprint density at radius 1 is 1.00 bits per heavy atom. The Kier molecular flexibility index (Phi) is 9.63. The number of aromatic nitrogens is 1. The zero-order chi connectivity index (χ0) is 32.2. The second-order valence-corrected chi connectivity index (χ2v) is 12.9. The first-order valence-electron chi connectivity index (χ1n) is 16.2. The Hall–Kier alpha value is -4.31. The van der Waals surface area contributed by atoms with Gasteiger partial charge < -0.3 is 30.7 Å². The van der Waals surface area contributed by atoms with Gasteiger partial charge in [-0.25, -0.2) is 4.79 Å². The zero-order valence-electron chi connectivity index (χ0n) is 26.3. The third kappa shape index (κ3) is 6.92. The third-order valence-corrected chi connectivity index (χ3v) is 9.96. The van der Waals surface area contributed by atoms with E-state index in [1.165, 1.54) is 0 Å². The van der Waals surface area contributed by atoms with Gasteiger partial charge in [0.15, 0.2) is 0 Å². The topological polar surface area (TPSA) is 115 Å². The van der Waals surface area contributed by atoms with Crippen LogP contribution in [0.4, 0.5) is 21.9 Å². The van der Waals surface area contributed by atoms with Crippen molar-refractivity contribution >= 4 is 46.5 Å². The summed E-state index contributed by atoms with van der Waals surface area (Å²) in [7, 11) is 0. The first kappa shape index (κ1) is 31.7. The first-order chi connectivity index (χ1) is 22.3. The lowest BCUT2D eigenvalue weighted by Gasteiger charge is -2.41. The van der Waals surface area contributed by atoms with Crippen LogP contribution < -0.4 is 16.0 Å². The molecular weight excluding hydrogens is 602 g/mol. The number of pyridine rings is 1. The van der Waals surface area contributed by atoms with Crippen molar-refractivity contribution in [2.45, 2.75) is 51.6 Å². The van der Waals surface area contributed by atoms with Crippen molar-refractivity contribution in [3.63, 3.8) is 0 Å². The summed E-state index contributed by atoms with van der Waals surface area (Å²) >= 11 is 6.49. The highest BCUT2D eigenvalue weighted by Crippen LogP contribution is 2.30. The summed E-state index contributed by atoms with van der Waals surface area (Å²) in [4.78, 5) is 52.8. The van der Waals surface area contributed by atoms with Crippen LogP contribution in [-0.4, -0.2) is 82.8 Å². The van der Waals surface area contributed by atoms with E-state index in [2.05, 4.69) is 15.2 Å². The number of urea groups is 1. The van der Waals surface area contributed by atoms with Crippen molar-refractivity contribution in [1.29, 1.82) is 0 Å². The third-order valence-electron chi connectivity index (χ3n) is 9.65. The number of para-hydroxylation sites is 1. The number of hydrogen-bond donors (Lipinski definition) is 2. The molecule has 4 amide bonds. The molecule has 10 nitrogen and oxygen atoms in total. The van der Waals surface area contributed by atoms with Gasteiger partial charge in [0.25, 0.3) is 0 Å². The van der Waals surface area contributed by atoms with E-state index in [1.807, 2.05) is 70.2 Å². The van der Waals surface area contributed by atoms with Gasteiger partial charge in [-0.1, -0.05) is 42.8 Å². The summed E-state index contributed by atoms with van der Waals surface area (Å²) in [6.45, 7) is 6.29. The average molecular weight is 644 g/mol. The number of fused-ring (bicyclic) bond motifs is 1. The Bertz CT molecular complexity index is 1570. The molecule has 242 valence electrons. The number of likely N-dealkylation sites (tertiary alicyclic amines) is 1. The van der Waals surface area contributed by atoms with E-state index < -0.39 is 5.92 Å². The number of hydrogen-bond acceptors (Lipinski definition) is 6. The van der Waals surface area contributed by atoms with Gasteiger partial charge in [-0.2, -0.15) is 0 Å². The maximum Gasteiger partial charge on any atom is 0.322 e. The molecule has 3 N–H and O–H groups in total. The van der Waals surface area contributed by atoms with E-state index in [9.17, 15) is 14.4 Å². The molecule has 3 aliphatic rings. The molecule has 1 atom stereocenters. The number of nitrogens with zero attached hydrogens (tertiary/aromatic N) is 5. The number of benzene rings is 2. The number of carbonyl (C=O) groups is 3. The van der Waals surface area contributed by atoms with Crippen LogP contribution >= 0.6 is 11.6 Å². The van der Waals surface area contributed by atoms with Gasteiger partial charge >= 0.3 is 6.03 Å². The van der Waals surface area contributed by atoms with Gasteiger partial charge in [0.2, 0.25) is 11.8 Å². The van der Waals surface area contributed by atoms with Gasteiger partial charge in [0.1, 0.15) is 0 Å². The molecule has 2 saturated heterocycles. The molecule has 0 aliphatic carbocycles. The number of nitrogens with two attached hydrogens (primary N) is 1. The number of aryl methyl sites for hydroxylation is 1. The second kappa shape index (κ2) is 14.0. The van der Waals surface area contributed by atoms with Crippen LogP contribution in [0.5, 0.6) is 0 Å². The number of nitrogen functional groups attached to an aromatic ring is 1. The zero-order valence-corrected chi connectivity index (χ0v) is 27.1. The molecule has 0 bridgehead atoms. The molecule has 46 heavy (non-hydrogen) atoms. The van der Waals surface area contributed by atoms with Gasteiger partial charge in [0.05, 0.1) is 16.6 Å². The summed E-state index contributed by atoms with van der Waals surface area (Å²) in [5.41, 5.74) is 11.7. The fourth-order valence-electron chi connectivity index (χ4n) is 6.96. The predicted octanol–water partition coefficient (Wildman–Crippen LogP) is 4.82. The Balaban J connectivity index is 1.12. The summed E-state index contributed by atoms with van der Waals surface area (Å²) < 4.78 is 0. The molecule has 3 aliphatic heterocycles. The van der Waals surface area contributed by atoms with Gasteiger partial charge in [0, 0.05) is 82.0 Å². The van der Waals surface area contributed by atoms with E-state index in [-0.39, 0.29) is 30.3 Å². The van der Waals surface area contributed by atoms with Crippen LogP contribution in [0, 0.1) is 5.92 Å². The molecular formula is C35H42ClN7O3. The highest BCUT2D eigenvalue weighted by Gasteiger charge is 2.35. The van der Waals surface area contributed by atoms with Crippen LogP contribution in [0.1, 0.15) is 42.9 Å². The number of anilines is 3. The number of piperidine rings is 1. The Morgan fingerprint density at radius 2 is 1.72 bits per heavy atom. The first-order valence-corrected chi connectivity index (χ1v) is 16.6. The van der Waals surface area contributed by atoms with Crippen molar-refractivity contribution in [1.82, 2.24) is 19.7 Å². The second-order valence-electron chi connectivity index (χ2n) is 12.5. The minimum atomic E-state index is -0.522. The van der Waals surface area contributed by atoms with Crippen molar-refractivity contribution in [3.05, 3.63) is 82.6 Å². The SMILES string of the molecule is CCc1cc(C[C@@H](CC(=O)N2CCC(N3Cc4ccccc4NC3=O)CC2)C(=O)N2CCN(c3ccncc3)CC2)cc(Cl)c1N. The van der Waals surface area contributed by atoms with Crippen molar-refractivity contribution in [2.75, 3.05) is 55.2 Å². The fourth-order valence-corrected chi connectivity index (χ4v) is 7.22. The minimum Gasteiger partial charge on any atom is -0.397 e. The molecule has 0 spiro atoms. The number of nitrogens with one attached hydrogen (secondary N) is 1. The molecule has 2 fully saturated rings. The summed E-state index contributed by atoms with van der Waals surface area (Å²) in [5, 5.41) is 3.48. The minimum absolute atomic E-state index is 0.00716. The molecule has 0 radical (unpaired) electrons. The lowest BCUT2D eigenvalue weighted by molar-refractivity contribution is -0.142. The van der Waals surface area contributed by atoms with E-state index in [0.29, 0.717) is 75.8 Å². The van der Waals surface area contributed by atoms with E-state index in [4.69, 9.17) is 17.3 Å². The quantitative estimate of drug-likeness (QED) is 0.340. The molecule has 0 saturated carbocycles. The van der Waals surface area contributed by atoms with E-state index in [0.717, 1.165) is 34.5 Å². The van der Waals surface area contributed by atoms with Gasteiger partial charge in [-0.05, 0) is 66.6 Å². The van der Waals surface area contributed by atoms with Crippen LogP contribution in [0.3, 0.4) is 0 Å². The average Bonchev–Trinajstić information content (AvgIpc) is 3.09. The number of halogens is 1. The Labute approximate surface area is 275 Å². The van der Waals surface area contributed by atoms with E-state index in [1.54, 1.807) is 12.4 Å². The number of rotatable bonds is 8. The predicted molar refractivity (Wildman–Crippen MR) is 181 cm³/mol. The van der Waals surface area contributed by atoms with Crippen LogP contribution in [0.15, 0.2) is 60.9 Å². The summed E-state index contributed by atoms with van der Waals surface area (Å²) in [6.07, 6.45) is 6.21. The largest absolute Gasteiger partial charge is 0.397 e. The van der Waals surface area contributed by atoms with Crippen LogP contribution in [-0.2, 0) is 29.0 Å². The maximum absolute atomic E-state index is 14.1. The molecule has 1 aromatic heterocycles. The highest BCUT2D eigenvalue weighted by molar-refractivity contribution is 6.33. The molecule has 0 unspecified atom stereocenters. The molecule has 6 rings (SSSR count). The van der Waals surface area contributed by atoms with Crippen LogP contribution in [0.2, 0.25) is 5.02 Å². The standard InChI is InChI=1S/C35H42ClN7O3/c1-2-25-19-24(21-30(36)33(25)37)20-27(34(45)42-17-15-40(16-18-42)28-7-11-38-12-8-28)22-32(44)41-13-9-29(10-14-41)43-23-26-5-3-4-6-31(26)39-35(43)46/h3-8,11-12,19,21,27,29H,2,9-10,13-18,20,22-23,37H2,1H3,(H,39,46)/t27-/m0/s1. The van der Waals surface area contributed by atoms with Gasteiger partial charge in [-0.15, -0.1) is 0 Å². The van der Waals surface area contributed by atoms with E-state index >= 15 is 0 Å². The maximum atomic E-state index is 14.1. The lowest BCUT2D eigenvalue weighted by atomic mass is 9.91. The normalized spacial score (nSPS) is 17.8. The fraction of sp³-hybridized carbons (Fsp3) is 0.429. The van der Waals surface area contributed by atoms with Crippen molar-refractivity contribution in [3.8, 4) is 0 Å². The van der Waals surface area contributed by atoms with Crippen molar-refractivity contribution < 1.29 is 14.4 Å². The number of carbonyl (C=O) groups excluding carboxylic acids is 3. The lowest BCUT2D eigenvalue weighted by Crippen LogP contribution is -2.52. The molecule has 3 aromatic rings. The molecule has 2 aromatic carbocycles. The summed E-state index contributed by atoms with van der Waals surface area (Å²) in [5.74, 6) is -0.559. The van der Waals surface area contributed by atoms with Crippen LogP contribution in [0.25, 0.3) is 0 Å².